The highest BCUT2D eigenvalue weighted by molar-refractivity contribution is 6.06. The Hall–Kier alpha value is -3.45. The summed E-state index contributed by atoms with van der Waals surface area (Å²) in [6, 6.07) is 16.2. The van der Waals surface area contributed by atoms with Gasteiger partial charge in [-0.15, -0.1) is 0 Å². The van der Waals surface area contributed by atoms with Crippen LogP contribution in [0, 0.1) is 0 Å². The number of carbonyl (C=O) groups is 1. The van der Waals surface area contributed by atoms with Gasteiger partial charge in [0.25, 0.3) is 5.91 Å². The van der Waals surface area contributed by atoms with Gasteiger partial charge < -0.3 is 9.32 Å². The number of benzene rings is 1. The van der Waals surface area contributed by atoms with E-state index in [-0.39, 0.29) is 11.9 Å². The predicted octanol–water partition coefficient (Wildman–Crippen LogP) is 4.62. The molecule has 0 unspecified atom stereocenters. The van der Waals surface area contributed by atoms with Gasteiger partial charge in [0, 0.05) is 38.8 Å². The van der Waals surface area contributed by atoms with Crippen LogP contribution in [0.25, 0.3) is 22.5 Å². The summed E-state index contributed by atoms with van der Waals surface area (Å²) in [7, 11) is 0. The minimum Gasteiger partial charge on any atom is -0.463 e. The number of aromatic nitrogens is 3. The highest BCUT2D eigenvalue weighted by atomic mass is 16.3. The van der Waals surface area contributed by atoms with E-state index in [1.165, 1.54) is 5.56 Å². The molecule has 5 rings (SSSR count). The fourth-order valence-electron chi connectivity index (χ4n) is 4.47. The van der Waals surface area contributed by atoms with Crippen molar-refractivity contribution in [2.24, 2.45) is 0 Å². The van der Waals surface area contributed by atoms with E-state index < -0.39 is 0 Å². The van der Waals surface area contributed by atoms with Crippen molar-refractivity contribution in [3.63, 3.8) is 0 Å². The molecule has 0 bridgehead atoms. The molecule has 1 aliphatic rings. The van der Waals surface area contributed by atoms with Crippen molar-refractivity contribution in [3.8, 4) is 11.5 Å². The molecule has 0 spiro atoms. The fraction of sp³-hybridized carbons (Fsp3) is 0.346. The van der Waals surface area contributed by atoms with Crippen molar-refractivity contribution in [1.82, 2.24) is 24.6 Å². The molecule has 0 N–H and O–H groups in total. The van der Waals surface area contributed by atoms with E-state index in [2.05, 4.69) is 48.1 Å². The lowest BCUT2D eigenvalue weighted by molar-refractivity contribution is 0.0763. The average molecular weight is 444 g/mol. The molecule has 1 aromatic carbocycles. The first kappa shape index (κ1) is 21.4. The Morgan fingerprint density at radius 2 is 1.91 bits per heavy atom. The minimum absolute atomic E-state index is 0.0278. The summed E-state index contributed by atoms with van der Waals surface area (Å²) >= 11 is 0. The number of hydrogen-bond acceptors (Lipinski definition) is 5. The third-order valence-corrected chi connectivity index (χ3v) is 6.18. The van der Waals surface area contributed by atoms with Crippen molar-refractivity contribution >= 4 is 16.9 Å². The third-order valence-electron chi connectivity index (χ3n) is 6.18. The van der Waals surface area contributed by atoms with E-state index in [1.807, 2.05) is 33.8 Å². The maximum Gasteiger partial charge on any atom is 0.254 e. The van der Waals surface area contributed by atoms with Crippen LogP contribution in [0.5, 0.6) is 0 Å². The standard InChI is InChI=1S/C26H29N5O2/c1-19(2)31-25-22(17-27-31)21(16-23(28-25)24-10-6-15-33-24)26(32)30-12-7-11-29(13-14-30)18-20-8-4-3-5-9-20/h3-6,8-10,15-17,19H,7,11-14,18H2,1-2H3. The number of pyridine rings is 1. The van der Waals surface area contributed by atoms with E-state index in [4.69, 9.17) is 9.40 Å². The normalized spacial score (nSPS) is 15.3. The summed E-state index contributed by atoms with van der Waals surface area (Å²) in [6.45, 7) is 8.30. The average Bonchev–Trinajstić information content (AvgIpc) is 3.45. The molecule has 4 aromatic rings. The summed E-state index contributed by atoms with van der Waals surface area (Å²) in [5.74, 6) is 0.674. The topological polar surface area (TPSA) is 67.4 Å². The molecular formula is C26H29N5O2. The number of hydrogen-bond donors (Lipinski definition) is 0. The first-order valence-corrected chi connectivity index (χ1v) is 11.6. The molecule has 3 aromatic heterocycles. The summed E-state index contributed by atoms with van der Waals surface area (Å²) in [5.41, 5.74) is 3.30. The Kier molecular flexibility index (Phi) is 5.96. The largest absolute Gasteiger partial charge is 0.463 e. The van der Waals surface area contributed by atoms with Gasteiger partial charge in [0.15, 0.2) is 11.4 Å². The summed E-state index contributed by atoms with van der Waals surface area (Å²) in [6.07, 6.45) is 4.34. The monoisotopic (exact) mass is 443 g/mol. The molecule has 0 atom stereocenters. The van der Waals surface area contributed by atoms with Crippen molar-refractivity contribution < 1.29 is 9.21 Å². The van der Waals surface area contributed by atoms with E-state index in [0.717, 1.165) is 38.0 Å². The molecular weight excluding hydrogens is 414 g/mol. The SMILES string of the molecule is CC(C)n1ncc2c(C(=O)N3CCCN(Cc4ccccc4)CC3)cc(-c3ccco3)nc21. The van der Waals surface area contributed by atoms with Crippen molar-refractivity contribution in [1.29, 1.82) is 0 Å². The van der Waals surface area contributed by atoms with Crippen LogP contribution in [0.3, 0.4) is 0 Å². The van der Waals surface area contributed by atoms with E-state index in [1.54, 1.807) is 12.5 Å². The number of furan rings is 1. The molecule has 1 saturated heterocycles. The highest BCUT2D eigenvalue weighted by Crippen LogP contribution is 2.28. The van der Waals surface area contributed by atoms with Crippen molar-refractivity contribution in [3.05, 3.63) is 72.1 Å². The van der Waals surface area contributed by atoms with Gasteiger partial charge in [-0.3, -0.25) is 9.69 Å². The van der Waals surface area contributed by atoms with Gasteiger partial charge >= 0.3 is 0 Å². The smallest absolute Gasteiger partial charge is 0.254 e. The zero-order valence-electron chi connectivity index (χ0n) is 19.1. The van der Waals surface area contributed by atoms with Crippen LogP contribution >= 0.6 is 0 Å². The van der Waals surface area contributed by atoms with Crippen molar-refractivity contribution in [2.75, 3.05) is 26.2 Å². The predicted molar refractivity (Wildman–Crippen MR) is 128 cm³/mol. The molecule has 0 saturated carbocycles. The molecule has 7 nitrogen and oxygen atoms in total. The molecule has 170 valence electrons. The van der Waals surface area contributed by atoms with Crippen LogP contribution in [-0.4, -0.2) is 56.7 Å². The van der Waals surface area contributed by atoms with Gasteiger partial charge in [-0.1, -0.05) is 30.3 Å². The fourth-order valence-corrected chi connectivity index (χ4v) is 4.47. The number of nitrogens with zero attached hydrogens (tertiary/aromatic N) is 5. The second-order valence-electron chi connectivity index (χ2n) is 8.86. The lowest BCUT2D eigenvalue weighted by Gasteiger charge is -2.22. The molecule has 1 aliphatic heterocycles. The number of amides is 1. The van der Waals surface area contributed by atoms with Crippen LogP contribution in [0.1, 0.15) is 42.2 Å². The van der Waals surface area contributed by atoms with Gasteiger partial charge in [0.1, 0.15) is 5.69 Å². The van der Waals surface area contributed by atoms with Crippen LogP contribution in [0.2, 0.25) is 0 Å². The van der Waals surface area contributed by atoms with Crippen molar-refractivity contribution in [2.45, 2.75) is 32.9 Å². The molecule has 7 heteroatoms. The molecule has 1 amide bonds. The van der Waals surface area contributed by atoms with E-state index >= 15 is 0 Å². The zero-order valence-corrected chi connectivity index (χ0v) is 19.1. The van der Waals surface area contributed by atoms with Gasteiger partial charge in [-0.25, -0.2) is 9.67 Å². The lowest BCUT2D eigenvalue weighted by atomic mass is 10.1. The minimum atomic E-state index is 0.0278. The molecule has 0 aliphatic carbocycles. The second-order valence-corrected chi connectivity index (χ2v) is 8.86. The quantitative estimate of drug-likeness (QED) is 0.450. The Labute approximate surface area is 193 Å². The Bertz CT molecular complexity index is 1230. The first-order valence-electron chi connectivity index (χ1n) is 11.6. The second kappa shape index (κ2) is 9.19. The summed E-state index contributed by atoms with van der Waals surface area (Å²) < 4.78 is 7.46. The van der Waals surface area contributed by atoms with Crippen LogP contribution in [-0.2, 0) is 6.54 Å². The van der Waals surface area contributed by atoms with Crippen LogP contribution < -0.4 is 0 Å². The van der Waals surface area contributed by atoms with E-state index in [9.17, 15) is 4.79 Å². The Morgan fingerprint density at radius 3 is 2.67 bits per heavy atom. The molecule has 0 radical (unpaired) electrons. The van der Waals surface area contributed by atoms with Crippen LogP contribution in [0.4, 0.5) is 0 Å². The Morgan fingerprint density at radius 1 is 1.06 bits per heavy atom. The van der Waals surface area contributed by atoms with Gasteiger partial charge in [0.2, 0.25) is 0 Å². The van der Waals surface area contributed by atoms with Gasteiger partial charge in [0.05, 0.1) is 23.4 Å². The zero-order chi connectivity index (χ0) is 22.8. The first-order chi connectivity index (χ1) is 16.1. The maximum atomic E-state index is 13.7. The maximum absolute atomic E-state index is 13.7. The Balaban J connectivity index is 1.43. The molecule has 4 heterocycles. The number of fused-ring (bicyclic) bond motifs is 1. The summed E-state index contributed by atoms with van der Waals surface area (Å²) in [5, 5.41) is 5.31. The molecule has 1 fully saturated rings. The lowest BCUT2D eigenvalue weighted by Crippen LogP contribution is -2.35. The van der Waals surface area contributed by atoms with Gasteiger partial charge in [-0.2, -0.15) is 5.10 Å². The van der Waals surface area contributed by atoms with E-state index in [0.29, 0.717) is 29.2 Å². The number of carbonyl (C=O) groups excluding carboxylic acids is 1. The number of rotatable bonds is 5. The highest BCUT2D eigenvalue weighted by Gasteiger charge is 2.25. The summed E-state index contributed by atoms with van der Waals surface area (Å²) in [4.78, 5) is 22.9. The third kappa shape index (κ3) is 4.41. The van der Waals surface area contributed by atoms with Crippen LogP contribution in [0.15, 0.2) is 65.4 Å². The van der Waals surface area contributed by atoms with Gasteiger partial charge in [-0.05, 0) is 44.0 Å². The molecule has 33 heavy (non-hydrogen) atoms.